The van der Waals surface area contributed by atoms with Gasteiger partial charge in [-0.15, -0.1) is 0 Å². The molecule has 1 aromatic carbocycles. The Kier molecular flexibility index (Phi) is 3.88. The van der Waals surface area contributed by atoms with E-state index in [0.717, 1.165) is 12.0 Å². The molecule has 84 valence electrons. The summed E-state index contributed by atoms with van der Waals surface area (Å²) in [5.74, 6) is 0. The molecule has 1 aromatic rings. The molecule has 1 atom stereocenters. The van der Waals surface area contributed by atoms with Crippen LogP contribution in [0.25, 0.3) is 0 Å². The minimum absolute atomic E-state index is 0.0312. The number of nitrogens with one attached hydrogen (secondary N) is 1. The third kappa shape index (κ3) is 3.32. The fourth-order valence-electron chi connectivity index (χ4n) is 1.13. The van der Waals surface area contributed by atoms with Crippen molar-refractivity contribution in [2.75, 3.05) is 0 Å². The van der Waals surface area contributed by atoms with Crippen LogP contribution in [0.15, 0.2) is 29.2 Å². The molecule has 4 heteroatoms. The lowest BCUT2D eigenvalue weighted by Crippen LogP contribution is -2.31. The number of hydrogen-bond acceptors (Lipinski definition) is 2. The van der Waals surface area contributed by atoms with Crippen LogP contribution in [0.4, 0.5) is 0 Å². The molecule has 0 aliphatic rings. The van der Waals surface area contributed by atoms with Gasteiger partial charge in [0, 0.05) is 6.04 Å². The van der Waals surface area contributed by atoms with Crippen LogP contribution < -0.4 is 4.72 Å². The van der Waals surface area contributed by atoms with Crippen LogP contribution in [0.1, 0.15) is 25.8 Å². The van der Waals surface area contributed by atoms with Gasteiger partial charge in [-0.1, -0.05) is 24.6 Å². The molecule has 3 nitrogen and oxygen atoms in total. The molecular formula is C11H17NO2S. The molecule has 1 unspecified atom stereocenters. The van der Waals surface area contributed by atoms with Crippen LogP contribution in [-0.2, 0) is 10.0 Å². The van der Waals surface area contributed by atoms with Crippen molar-refractivity contribution in [3.63, 3.8) is 0 Å². The lowest BCUT2D eigenvalue weighted by Gasteiger charge is -2.11. The highest BCUT2D eigenvalue weighted by atomic mass is 32.2. The van der Waals surface area contributed by atoms with Gasteiger partial charge in [0.2, 0.25) is 10.0 Å². The van der Waals surface area contributed by atoms with Crippen molar-refractivity contribution in [1.82, 2.24) is 4.72 Å². The second-order valence-electron chi connectivity index (χ2n) is 3.74. The van der Waals surface area contributed by atoms with E-state index in [1.54, 1.807) is 24.3 Å². The zero-order valence-electron chi connectivity index (χ0n) is 9.32. The average Bonchev–Trinajstić information content (AvgIpc) is 2.17. The number of benzene rings is 1. The lowest BCUT2D eigenvalue weighted by atomic mass is 10.2. The summed E-state index contributed by atoms with van der Waals surface area (Å²) in [6.45, 7) is 5.73. The summed E-state index contributed by atoms with van der Waals surface area (Å²) >= 11 is 0. The Morgan fingerprint density at radius 2 is 1.80 bits per heavy atom. The van der Waals surface area contributed by atoms with Gasteiger partial charge in [-0.3, -0.25) is 0 Å². The van der Waals surface area contributed by atoms with Gasteiger partial charge in [0.25, 0.3) is 0 Å². The molecule has 1 rings (SSSR count). The maximum absolute atomic E-state index is 11.8. The topological polar surface area (TPSA) is 46.2 Å². The van der Waals surface area contributed by atoms with Crippen molar-refractivity contribution in [3.8, 4) is 0 Å². The first-order valence-corrected chi connectivity index (χ1v) is 6.53. The SMILES string of the molecule is CCC(C)NS(=O)(=O)c1ccc(C)cc1. The van der Waals surface area contributed by atoms with Gasteiger partial charge in [0.15, 0.2) is 0 Å². The zero-order valence-corrected chi connectivity index (χ0v) is 10.1. The van der Waals surface area contributed by atoms with Crippen molar-refractivity contribution in [2.24, 2.45) is 0 Å². The van der Waals surface area contributed by atoms with Crippen molar-refractivity contribution < 1.29 is 8.42 Å². The Bertz CT molecular complexity index is 409. The highest BCUT2D eigenvalue weighted by Gasteiger charge is 2.15. The Morgan fingerprint density at radius 1 is 1.27 bits per heavy atom. The molecule has 0 spiro atoms. The van der Waals surface area contributed by atoms with E-state index in [0.29, 0.717) is 4.90 Å². The fourth-order valence-corrected chi connectivity index (χ4v) is 2.46. The smallest absolute Gasteiger partial charge is 0.208 e. The first kappa shape index (κ1) is 12.2. The summed E-state index contributed by atoms with van der Waals surface area (Å²) in [4.78, 5) is 0.327. The van der Waals surface area contributed by atoms with Gasteiger partial charge >= 0.3 is 0 Å². The summed E-state index contributed by atoms with van der Waals surface area (Å²) in [6.07, 6.45) is 0.783. The summed E-state index contributed by atoms with van der Waals surface area (Å²) in [5.41, 5.74) is 1.05. The minimum atomic E-state index is -3.34. The van der Waals surface area contributed by atoms with Crippen LogP contribution >= 0.6 is 0 Å². The highest BCUT2D eigenvalue weighted by molar-refractivity contribution is 7.89. The van der Waals surface area contributed by atoms with E-state index >= 15 is 0 Å². The molecule has 0 saturated heterocycles. The normalized spacial score (nSPS) is 13.8. The molecule has 0 fully saturated rings. The Labute approximate surface area is 91.6 Å². The summed E-state index contributed by atoms with van der Waals surface area (Å²) < 4.78 is 26.2. The molecule has 0 aromatic heterocycles. The third-order valence-corrected chi connectivity index (χ3v) is 3.91. The first-order valence-electron chi connectivity index (χ1n) is 5.04. The average molecular weight is 227 g/mol. The van der Waals surface area contributed by atoms with Gasteiger partial charge in [-0.05, 0) is 32.4 Å². The fraction of sp³-hybridized carbons (Fsp3) is 0.455. The predicted octanol–water partition coefficient (Wildman–Crippen LogP) is 2.07. The predicted molar refractivity (Wildman–Crippen MR) is 61.3 cm³/mol. The number of rotatable bonds is 4. The molecule has 0 amide bonds. The van der Waals surface area contributed by atoms with E-state index in [-0.39, 0.29) is 6.04 Å². The van der Waals surface area contributed by atoms with Crippen LogP contribution in [0, 0.1) is 6.92 Å². The van der Waals surface area contributed by atoms with Crippen molar-refractivity contribution in [3.05, 3.63) is 29.8 Å². The molecule has 0 bridgehead atoms. The van der Waals surface area contributed by atoms with Crippen molar-refractivity contribution in [1.29, 1.82) is 0 Å². The quantitative estimate of drug-likeness (QED) is 0.856. The van der Waals surface area contributed by atoms with Crippen LogP contribution in [-0.4, -0.2) is 14.5 Å². The first-order chi connectivity index (χ1) is 6.95. The van der Waals surface area contributed by atoms with Crippen LogP contribution in [0.2, 0.25) is 0 Å². The van der Waals surface area contributed by atoms with Gasteiger partial charge in [0.1, 0.15) is 0 Å². The minimum Gasteiger partial charge on any atom is -0.208 e. The number of sulfonamides is 1. The van der Waals surface area contributed by atoms with E-state index < -0.39 is 10.0 Å². The second kappa shape index (κ2) is 4.77. The second-order valence-corrected chi connectivity index (χ2v) is 5.46. The summed E-state index contributed by atoms with van der Waals surface area (Å²) in [6, 6.07) is 6.81. The molecule has 1 N–H and O–H groups in total. The van der Waals surface area contributed by atoms with Gasteiger partial charge in [-0.25, -0.2) is 13.1 Å². The Hall–Kier alpha value is -0.870. The zero-order chi connectivity index (χ0) is 11.5. The van der Waals surface area contributed by atoms with E-state index in [2.05, 4.69) is 4.72 Å². The van der Waals surface area contributed by atoms with Crippen molar-refractivity contribution in [2.45, 2.75) is 38.1 Å². The lowest BCUT2D eigenvalue weighted by molar-refractivity contribution is 0.556. The largest absolute Gasteiger partial charge is 0.240 e. The molecule has 15 heavy (non-hydrogen) atoms. The molecule has 0 aliphatic carbocycles. The Balaban J connectivity index is 2.91. The molecular weight excluding hydrogens is 210 g/mol. The molecule has 0 heterocycles. The monoisotopic (exact) mass is 227 g/mol. The van der Waals surface area contributed by atoms with Gasteiger partial charge < -0.3 is 0 Å². The standard InChI is InChI=1S/C11H17NO2S/c1-4-10(3)12-15(13,14)11-7-5-9(2)6-8-11/h5-8,10,12H,4H2,1-3H3. The molecule has 0 aliphatic heterocycles. The maximum Gasteiger partial charge on any atom is 0.240 e. The summed E-state index contributed by atoms with van der Waals surface area (Å²) in [5, 5.41) is 0. The van der Waals surface area contributed by atoms with Gasteiger partial charge in [0.05, 0.1) is 4.90 Å². The van der Waals surface area contributed by atoms with Gasteiger partial charge in [-0.2, -0.15) is 0 Å². The number of aryl methyl sites for hydroxylation is 1. The van der Waals surface area contributed by atoms with Crippen LogP contribution in [0.5, 0.6) is 0 Å². The van der Waals surface area contributed by atoms with E-state index in [1.165, 1.54) is 0 Å². The van der Waals surface area contributed by atoms with E-state index in [9.17, 15) is 8.42 Å². The Morgan fingerprint density at radius 3 is 2.27 bits per heavy atom. The summed E-state index contributed by atoms with van der Waals surface area (Å²) in [7, 11) is -3.34. The van der Waals surface area contributed by atoms with E-state index in [4.69, 9.17) is 0 Å². The molecule has 0 radical (unpaired) electrons. The van der Waals surface area contributed by atoms with Crippen molar-refractivity contribution >= 4 is 10.0 Å². The highest BCUT2D eigenvalue weighted by Crippen LogP contribution is 2.10. The molecule has 0 saturated carbocycles. The maximum atomic E-state index is 11.8. The number of hydrogen-bond donors (Lipinski definition) is 1. The van der Waals surface area contributed by atoms with E-state index in [1.807, 2.05) is 20.8 Å². The van der Waals surface area contributed by atoms with Crippen LogP contribution in [0.3, 0.4) is 0 Å². The third-order valence-electron chi connectivity index (χ3n) is 2.30.